The van der Waals surface area contributed by atoms with Gasteiger partial charge in [0.2, 0.25) is 17.7 Å². The number of nitrogens with two attached hydrogens (primary N) is 1. The zero-order chi connectivity index (χ0) is 28.3. The van der Waals surface area contributed by atoms with Crippen LogP contribution in [0.2, 0.25) is 5.02 Å². The number of nitrogens with one attached hydrogen (secondary N) is 1. The van der Waals surface area contributed by atoms with Crippen molar-refractivity contribution in [3.63, 3.8) is 0 Å². The molecule has 1 aliphatic rings. The molecule has 210 valence electrons. The lowest BCUT2D eigenvalue weighted by Gasteiger charge is -2.23. The van der Waals surface area contributed by atoms with E-state index < -0.39 is 0 Å². The monoisotopic (exact) mass is 571 g/mol. The van der Waals surface area contributed by atoms with Gasteiger partial charge in [-0.15, -0.1) is 0 Å². The van der Waals surface area contributed by atoms with E-state index in [2.05, 4.69) is 26.5 Å². The standard InChI is InChI=1S/C30H30ClN7O3/c1-18-34-27(37-41-18)21-5-6-24(26(31)15-21)25-14-22-16-33-30(35-23-8-11-40-12-9-23)36-28(22)38(29(25)39)17-20-4-2-3-19(13-20)7-10-32/h2-6,13-16,23H,7-12,17,32H2,1H3,(H,33,35,36). The highest BCUT2D eigenvalue weighted by atomic mass is 35.5. The van der Waals surface area contributed by atoms with Crippen molar-refractivity contribution in [2.45, 2.75) is 38.8 Å². The summed E-state index contributed by atoms with van der Waals surface area (Å²) in [5.41, 5.74) is 9.96. The Morgan fingerprint density at radius 1 is 1.07 bits per heavy atom. The first-order valence-corrected chi connectivity index (χ1v) is 14.0. The maximum atomic E-state index is 14.2. The van der Waals surface area contributed by atoms with Gasteiger partial charge in [-0.1, -0.05) is 53.2 Å². The van der Waals surface area contributed by atoms with Crippen LogP contribution < -0.4 is 16.6 Å². The van der Waals surface area contributed by atoms with Crippen molar-refractivity contribution >= 4 is 28.6 Å². The zero-order valence-corrected chi connectivity index (χ0v) is 23.4. The van der Waals surface area contributed by atoms with Crippen LogP contribution in [0, 0.1) is 6.92 Å². The molecule has 0 spiro atoms. The molecule has 1 fully saturated rings. The van der Waals surface area contributed by atoms with Crippen LogP contribution in [0.5, 0.6) is 0 Å². The van der Waals surface area contributed by atoms with Crippen molar-refractivity contribution in [1.82, 2.24) is 24.7 Å². The Morgan fingerprint density at radius 3 is 2.66 bits per heavy atom. The molecule has 0 unspecified atom stereocenters. The van der Waals surface area contributed by atoms with Crippen LogP contribution in [0.1, 0.15) is 29.9 Å². The van der Waals surface area contributed by atoms with Gasteiger partial charge in [-0.3, -0.25) is 9.36 Å². The summed E-state index contributed by atoms with van der Waals surface area (Å²) in [7, 11) is 0. The summed E-state index contributed by atoms with van der Waals surface area (Å²) in [6.45, 7) is 4.00. The molecule has 3 N–H and O–H groups in total. The highest BCUT2D eigenvalue weighted by Gasteiger charge is 2.19. The summed E-state index contributed by atoms with van der Waals surface area (Å²) >= 11 is 6.75. The van der Waals surface area contributed by atoms with Gasteiger partial charge < -0.3 is 20.3 Å². The fourth-order valence-corrected chi connectivity index (χ4v) is 5.40. The minimum Gasteiger partial charge on any atom is -0.381 e. The maximum absolute atomic E-state index is 14.2. The van der Waals surface area contributed by atoms with E-state index in [1.807, 2.05) is 24.3 Å². The van der Waals surface area contributed by atoms with Gasteiger partial charge in [-0.25, -0.2) is 4.98 Å². The number of halogens is 1. The van der Waals surface area contributed by atoms with Gasteiger partial charge in [-0.2, -0.15) is 9.97 Å². The van der Waals surface area contributed by atoms with Crippen LogP contribution in [0.3, 0.4) is 0 Å². The molecule has 6 rings (SSSR count). The van der Waals surface area contributed by atoms with E-state index >= 15 is 0 Å². The Kier molecular flexibility index (Phi) is 7.78. The van der Waals surface area contributed by atoms with E-state index in [1.165, 1.54) is 0 Å². The van der Waals surface area contributed by atoms with Crippen LogP contribution in [-0.4, -0.2) is 50.5 Å². The summed E-state index contributed by atoms with van der Waals surface area (Å²) in [5.74, 6) is 1.38. The highest BCUT2D eigenvalue weighted by Crippen LogP contribution is 2.31. The maximum Gasteiger partial charge on any atom is 0.260 e. The fourth-order valence-electron chi connectivity index (χ4n) is 5.11. The molecule has 0 amide bonds. The Bertz CT molecular complexity index is 1760. The zero-order valence-electron chi connectivity index (χ0n) is 22.6. The number of fused-ring (bicyclic) bond motifs is 1. The predicted octanol–water partition coefficient (Wildman–Crippen LogP) is 4.61. The van der Waals surface area contributed by atoms with Gasteiger partial charge in [0.1, 0.15) is 5.65 Å². The summed E-state index contributed by atoms with van der Waals surface area (Å²) in [4.78, 5) is 27.8. The quantitative estimate of drug-likeness (QED) is 0.274. The van der Waals surface area contributed by atoms with Gasteiger partial charge in [0, 0.05) is 59.5 Å². The van der Waals surface area contributed by atoms with E-state index in [0.717, 1.165) is 35.8 Å². The number of nitrogens with zero attached hydrogens (tertiary/aromatic N) is 5. The van der Waals surface area contributed by atoms with Crippen molar-refractivity contribution in [1.29, 1.82) is 0 Å². The van der Waals surface area contributed by atoms with Crippen molar-refractivity contribution in [3.8, 4) is 22.5 Å². The van der Waals surface area contributed by atoms with E-state index in [0.29, 0.717) is 71.3 Å². The molecule has 0 bridgehead atoms. The number of anilines is 1. The average Bonchev–Trinajstić information content (AvgIpc) is 3.42. The van der Waals surface area contributed by atoms with Gasteiger partial charge in [0.05, 0.1) is 6.54 Å². The second-order valence-electron chi connectivity index (χ2n) is 10.1. The third-order valence-corrected chi connectivity index (χ3v) is 7.50. The van der Waals surface area contributed by atoms with Gasteiger partial charge in [0.15, 0.2) is 0 Å². The molecule has 0 aliphatic carbocycles. The highest BCUT2D eigenvalue weighted by molar-refractivity contribution is 6.33. The Morgan fingerprint density at radius 2 is 1.90 bits per heavy atom. The number of hydrogen-bond donors (Lipinski definition) is 2. The smallest absolute Gasteiger partial charge is 0.260 e. The Hall–Kier alpha value is -4.12. The van der Waals surface area contributed by atoms with Crippen molar-refractivity contribution in [2.75, 3.05) is 25.1 Å². The van der Waals surface area contributed by atoms with Gasteiger partial charge >= 0.3 is 0 Å². The van der Waals surface area contributed by atoms with Crippen molar-refractivity contribution < 1.29 is 9.26 Å². The lowest BCUT2D eigenvalue weighted by atomic mass is 10.0. The van der Waals surface area contributed by atoms with Crippen LogP contribution in [0.25, 0.3) is 33.5 Å². The van der Waals surface area contributed by atoms with Gasteiger partial charge in [-0.05, 0) is 49.1 Å². The van der Waals surface area contributed by atoms with Crippen LogP contribution in [0.15, 0.2) is 64.0 Å². The van der Waals surface area contributed by atoms with E-state index in [9.17, 15) is 4.79 Å². The summed E-state index contributed by atoms with van der Waals surface area (Å²) in [6.07, 6.45) is 4.25. The summed E-state index contributed by atoms with van der Waals surface area (Å²) < 4.78 is 12.3. The lowest BCUT2D eigenvalue weighted by molar-refractivity contribution is 0.0903. The first-order valence-electron chi connectivity index (χ1n) is 13.6. The largest absolute Gasteiger partial charge is 0.381 e. The number of benzene rings is 2. The second-order valence-corrected chi connectivity index (χ2v) is 10.6. The van der Waals surface area contributed by atoms with Crippen molar-refractivity contribution in [3.05, 3.63) is 87.1 Å². The molecule has 0 saturated carbocycles. The number of rotatable bonds is 8. The van der Waals surface area contributed by atoms with Crippen LogP contribution >= 0.6 is 11.6 Å². The first-order chi connectivity index (χ1) is 20.0. The Labute approximate surface area is 241 Å². The molecule has 0 atom stereocenters. The molecular weight excluding hydrogens is 542 g/mol. The summed E-state index contributed by atoms with van der Waals surface area (Å²) in [6, 6.07) is 15.5. The SMILES string of the molecule is Cc1nc(-c2ccc(-c3cc4cnc(NC5CCOCC5)nc4n(Cc4cccc(CCN)c4)c3=O)c(Cl)c2)no1. The normalized spacial score (nSPS) is 14.0. The van der Waals surface area contributed by atoms with Gasteiger partial charge in [0.25, 0.3) is 5.56 Å². The van der Waals surface area contributed by atoms with E-state index in [1.54, 1.807) is 35.9 Å². The second kappa shape index (κ2) is 11.8. The number of pyridine rings is 1. The molecule has 1 saturated heterocycles. The van der Waals surface area contributed by atoms with E-state index in [-0.39, 0.29) is 11.6 Å². The van der Waals surface area contributed by atoms with Crippen LogP contribution in [0.4, 0.5) is 5.95 Å². The lowest BCUT2D eigenvalue weighted by Crippen LogP contribution is -2.29. The average molecular weight is 572 g/mol. The molecule has 11 heteroatoms. The minimum absolute atomic E-state index is 0.206. The minimum atomic E-state index is -0.206. The predicted molar refractivity (Wildman–Crippen MR) is 158 cm³/mol. The van der Waals surface area contributed by atoms with Crippen molar-refractivity contribution in [2.24, 2.45) is 5.73 Å². The molecule has 10 nitrogen and oxygen atoms in total. The van der Waals surface area contributed by atoms with E-state index in [4.69, 9.17) is 31.6 Å². The third-order valence-electron chi connectivity index (χ3n) is 7.19. The number of ether oxygens (including phenoxy) is 1. The first kappa shape index (κ1) is 27.1. The molecule has 2 aromatic carbocycles. The number of hydrogen-bond acceptors (Lipinski definition) is 9. The molecule has 3 aromatic heterocycles. The topological polar surface area (TPSA) is 134 Å². The Balaban J connectivity index is 1.45. The third kappa shape index (κ3) is 5.85. The van der Waals surface area contributed by atoms with Crippen LogP contribution in [-0.2, 0) is 17.7 Å². The molecule has 41 heavy (non-hydrogen) atoms. The molecule has 4 heterocycles. The molecule has 0 radical (unpaired) electrons. The number of aryl methyl sites for hydroxylation is 1. The molecular formula is C30H30ClN7O3. The fraction of sp³-hybridized carbons (Fsp3) is 0.300. The molecule has 5 aromatic rings. The summed E-state index contributed by atoms with van der Waals surface area (Å²) in [5, 5.41) is 8.51. The number of aromatic nitrogens is 5. The molecule has 1 aliphatic heterocycles.